The molecule has 0 rings (SSSR count). The molecule has 0 radical (unpaired) electrons. The van der Waals surface area contributed by atoms with E-state index in [2.05, 4.69) is 4.74 Å². The first-order valence-corrected chi connectivity index (χ1v) is 4.58. The Bertz CT molecular complexity index is 237. The highest BCUT2D eigenvalue weighted by atomic mass is 35.5. The number of hydrogen-bond acceptors (Lipinski definition) is 3. The second-order valence-electron chi connectivity index (χ2n) is 4.00. The molecule has 2 atom stereocenters. The van der Waals surface area contributed by atoms with E-state index in [1.807, 2.05) is 0 Å². The number of alkyl halides is 4. The molecule has 0 saturated heterocycles. The zero-order chi connectivity index (χ0) is 12.4. The average Bonchev–Trinajstić information content (AvgIpc) is 1.96. The van der Waals surface area contributed by atoms with Gasteiger partial charge < -0.3 is 10.5 Å². The molecule has 0 spiro atoms. The number of ether oxygens (including phenoxy) is 1. The van der Waals surface area contributed by atoms with Crippen LogP contribution in [0.5, 0.6) is 0 Å². The molecule has 0 fully saturated rings. The molecular weight excluding hydrogens is 235 g/mol. The van der Waals surface area contributed by atoms with Crippen LogP contribution in [0.3, 0.4) is 0 Å². The molecule has 0 heterocycles. The monoisotopic (exact) mass is 247 g/mol. The predicted molar refractivity (Wildman–Crippen MR) is 49.5 cm³/mol. The summed E-state index contributed by atoms with van der Waals surface area (Å²) in [6.45, 7) is 4.56. The minimum atomic E-state index is -4.72. The third-order valence-corrected chi connectivity index (χ3v) is 1.77. The van der Waals surface area contributed by atoms with E-state index in [0.29, 0.717) is 0 Å². The van der Waals surface area contributed by atoms with Crippen molar-refractivity contribution in [3.63, 3.8) is 0 Å². The molecule has 0 aromatic carbocycles. The van der Waals surface area contributed by atoms with E-state index in [-0.39, 0.29) is 0 Å². The Morgan fingerprint density at radius 3 is 2.00 bits per heavy atom. The Kier molecular flexibility index (Phi) is 4.42. The minimum absolute atomic E-state index is 0.893. The molecule has 0 aromatic rings. The van der Waals surface area contributed by atoms with Crippen LogP contribution < -0.4 is 5.73 Å². The molecule has 0 aliphatic heterocycles. The summed E-state index contributed by atoms with van der Waals surface area (Å²) >= 11 is 5.25. The van der Waals surface area contributed by atoms with Gasteiger partial charge in [-0.3, -0.25) is 4.79 Å². The number of esters is 1. The van der Waals surface area contributed by atoms with Gasteiger partial charge in [-0.1, -0.05) is 0 Å². The summed E-state index contributed by atoms with van der Waals surface area (Å²) in [5.41, 5.74) is 3.86. The lowest BCUT2D eigenvalue weighted by molar-refractivity contribution is -0.169. The molecule has 0 aliphatic carbocycles. The third kappa shape index (κ3) is 5.22. The number of carbonyl (C=O) groups is 1. The van der Waals surface area contributed by atoms with Crippen LogP contribution in [0.2, 0.25) is 0 Å². The highest BCUT2D eigenvalue weighted by Gasteiger charge is 2.45. The lowest BCUT2D eigenvalue weighted by Crippen LogP contribution is -2.49. The van der Waals surface area contributed by atoms with Gasteiger partial charge in [0.2, 0.25) is 0 Å². The van der Waals surface area contributed by atoms with Crippen molar-refractivity contribution in [2.75, 3.05) is 0 Å². The fourth-order valence-corrected chi connectivity index (χ4v) is 0.858. The fraction of sp³-hybridized carbons (Fsp3) is 0.875. The molecule has 90 valence electrons. The molecule has 15 heavy (non-hydrogen) atoms. The summed E-state index contributed by atoms with van der Waals surface area (Å²) in [6.07, 6.45) is -4.72. The van der Waals surface area contributed by atoms with Crippen molar-refractivity contribution in [2.45, 2.75) is 44.0 Å². The van der Waals surface area contributed by atoms with Gasteiger partial charge in [0.1, 0.15) is 11.6 Å². The molecule has 0 saturated carbocycles. The SMILES string of the molecule is CC(C)(C)OC(=O)[C@H](Cl)[C@H](N)C(F)(F)F. The van der Waals surface area contributed by atoms with Crippen LogP contribution in [0.1, 0.15) is 20.8 Å². The maximum atomic E-state index is 12.1. The zero-order valence-electron chi connectivity index (χ0n) is 8.56. The first-order valence-electron chi connectivity index (χ1n) is 4.14. The quantitative estimate of drug-likeness (QED) is 0.598. The normalized spacial score (nSPS) is 17.1. The second kappa shape index (κ2) is 4.57. The number of nitrogens with two attached hydrogens (primary N) is 1. The number of carbonyl (C=O) groups excluding carboxylic acids is 1. The van der Waals surface area contributed by atoms with Gasteiger partial charge in [0.05, 0.1) is 0 Å². The Labute approximate surface area is 90.7 Å². The van der Waals surface area contributed by atoms with E-state index >= 15 is 0 Å². The first kappa shape index (κ1) is 14.5. The lowest BCUT2D eigenvalue weighted by Gasteiger charge is -2.24. The van der Waals surface area contributed by atoms with Gasteiger partial charge in [0.25, 0.3) is 0 Å². The molecule has 0 bridgehead atoms. The van der Waals surface area contributed by atoms with Gasteiger partial charge in [-0.05, 0) is 20.8 Å². The predicted octanol–water partition coefficient (Wildman–Crippen LogP) is 1.83. The van der Waals surface area contributed by atoms with Crippen LogP contribution in [-0.2, 0) is 9.53 Å². The van der Waals surface area contributed by atoms with Crippen LogP contribution in [0, 0.1) is 0 Å². The molecule has 0 aliphatic rings. The summed E-state index contributed by atoms with van der Waals surface area (Å²) < 4.78 is 40.9. The standard InChI is InChI=1S/C8H13ClF3NO2/c1-7(2,3)15-6(14)4(9)5(13)8(10,11)12/h4-5H,13H2,1-3H3/t4-,5+/m1/s1. The van der Waals surface area contributed by atoms with E-state index in [1.165, 1.54) is 20.8 Å². The van der Waals surface area contributed by atoms with Gasteiger partial charge in [0, 0.05) is 0 Å². The molecule has 7 heteroatoms. The van der Waals surface area contributed by atoms with Crippen molar-refractivity contribution in [1.82, 2.24) is 0 Å². The van der Waals surface area contributed by atoms with Crippen LogP contribution in [0.25, 0.3) is 0 Å². The molecule has 2 N–H and O–H groups in total. The summed E-state index contributed by atoms with van der Waals surface area (Å²) in [5, 5.41) is -1.93. The van der Waals surface area contributed by atoms with Crippen LogP contribution in [0.4, 0.5) is 13.2 Å². The lowest BCUT2D eigenvalue weighted by atomic mass is 10.1. The van der Waals surface area contributed by atoms with Crippen molar-refractivity contribution in [1.29, 1.82) is 0 Å². The van der Waals surface area contributed by atoms with Crippen LogP contribution in [0.15, 0.2) is 0 Å². The number of halogens is 4. The zero-order valence-corrected chi connectivity index (χ0v) is 9.32. The second-order valence-corrected chi connectivity index (χ2v) is 4.47. The van der Waals surface area contributed by atoms with E-state index in [9.17, 15) is 18.0 Å². The highest BCUT2D eigenvalue weighted by molar-refractivity contribution is 6.30. The fourth-order valence-electron chi connectivity index (χ4n) is 0.671. The minimum Gasteiger partial charge on any atom is -0.459 e. The average molecular weight is 248 g/mol. The summed E-state index contributed by atoms with van der Waals surface area (Å²) in [4.78, 5) is 11.1. The van der Waals surface area contributed by atoms with Gasteiger partial charge in [-0.15, -0.1) is 11.6 Å². The van der Waals surface area contributed by atoms with Gasteiger partial charge in [-0.2, -0.15) is 13.2 Å². The molecular formula is C8H13ClF3NO2. The van der Waals surface area contributed by atoms with Crippen molar-refractivity contribution in [3.8, 4) is 0 Å². The summed E-state index contributed by atoms with van der Waals surface area (Å²) in [6, 6.07) is -2.42. The maximum absolute atomic E-state index is 12.1. The van der Waals surface area contributed by atoms with Gasteiger partial charge in [0.15, 0.2) is 5.38 Å². The Morgan fingerprint density at radius 1 is 1.33 bits per heavy atom. The van der Waals surface area contributed by atoms with E-state index < -0.39 is 29.2 Å². The summed E-state index contributed by atoms with van der Waals surface area (Å²) in [5.74, 6) is -1.17. The van der Waals surface area contributed by atoms with Crippen LogP contribution in [-0.4, -0.2) is 29.2 Å². The largest absolute Gasteiger partial charge is 0.459 e. The number of hydrogen-bond donors (Lipinski definition) is 1. The molecule has 0 aromatic heterocycles. The Morgan fingerprint density at radius 2 is 1.73 bits per heavy atom. The van der Waals surface area contributed by atoms with Gasteiger partial charge >= 0.3 is 12.1 Å². The van der Waals surface area contributed by atoms with Crippen molar-refractivity contribution >= 4 is 17.6 Å². The Hall–Kier alpha value is -0.490. The maximum Gasteiger partial charge on any atom is 0.405 e. The molecule has 0 unspecified atom stereocenters. The van der Waals surface area contributed by atoms with Crippen LogP contribution >= 0.6 is 11.6 Å². The van der Waals surface area contributed by atoms with Gasteiger partial charge in [-0.25, -0.2) is 0 Å². The van der Waals surface area contributed by atoms with Crippen molar-refractivity contribution in [2.24, 2.45) is 5.73 Å². The smallest absolute Gasteiger partial charge is 0.405 e. The first-order chi connectivity index (χ1) is 6.45. The van der Waals surface area contributed by atoms with Crippen molar-refractivity contribution in [3.05, 3.63) is 0 Å². The third-order valence-electron chi connectivity index (χ3n) is 1.33. The highest BCUT2D eigenvalue weighted by Crippen LogP contribution is 2.25. The Balaban J connectivity index is 4.46. The molecule has 3 nitrogen and oxygen atoms in total. The van der Waals surface area contributed by atoms with E-state index in [4.69, 9.17) is 17.3 Å². The number of rotatable bonds is 2. The van der Waals surface area contributed by atoms with E-state index in [1.54, 1.807) is 0 Å². The molecule has 0 amide bonds. The topological polar surface area (TPSA) is 52.3 Å². The van der Waals surface area contributed by atoms with Crippen molar-refractivity contribution < 1.29 is 22.7 Å². The summed E-state index contributed by atoms with van der Waals surface area (Å²) in [7, 11) is 0. The van der Waals surface area contributed by atoms with E-state index in [0.717, 1.165) is 0 Å².